The molecule has 4 heteroatoms. The molecule has 0 saturated heterocycles. The summed E-state index contributed by atoms with van der Waals surface area (Å²) >= 11 is 0. The van der Waals surface area contributed by atoms with Crippen LogP contribution in [0.2, 0.25) is 0 Å². The number of carbonyl (C=O) groups is 1. The van der Waals surface area contributed by atoms with Crippen molar-refractivity contribution >= 4 is 5.97 Å². The van der Waals surface area contributed by atoms with Gasteiger partial charge in [0.25, 0.3) is 0 Å². The van der Waals surface area contributed by atoms with E-state index in [1.54, 1.807) is 0 Å². The average molecular weight is 256 g/mol. The number of carboxylic acids is 1. The van der Waals surface area contributed by atoms with Crippen LogP contribution < -0.4 is 5.32 Å². The van der Waals surface area contributed by atoms with Crippen LogP contribution in [0.4, 0.5) is 0 Å². The predicted octanol–water partition coefficient (Wildman–Crippen LogP) is 1.81. The van der Waals surface area contributed by atoms with Gasteiger partial charge in [0.2, 0.25) is 0 Å². The fourth-order valence-corrected chi connectivity index (χ4v) is 2.90. The third-order valence-electron chi connectivity index (χ3n) is 4.07. The Morgan fingerprint density at radius 2 is 2.06 bits per heavy atom. The van der Waals surface area contributed by atoms with E-state index in [2.05, 4.69) is 38.2 Å². The smallest absolute Gasteiger partial charge is 0.306 e. The van der Waals surface area contributed by atoms with Crippen LogP contribution in [0.1, 0.15) is 39.5 Å². The number of rotatable bonds is 6. The lowest BCUT2D eigenvalue weighted by Gasteiger charge is -2.33. The van der Waals surface area contributed by atoms with Crippen LogP contribution in [-0.2, 0) is 4.79 Å². The minimum absolute atomic E-state index is 0.145. The van der Waals surface area contributed by atoms with Gasteiger partial charge in [-0.2, -0.15) is 0 Å². The summed E-state index contributed by atoms with van der Waals surface area (Å²) in [7, 11) is 4.21. The van der Waals surface area contributed by atoms with Crippen LogP contribution in [0.25, 0.3) is 0 Å². The molecule has 0 amide bonds. The molecule has 1 rings (SSSR count). The maximum absolute atomic E-state index is 11.0. The Morgan fingerprint density at radius 3 is 2.56 bits per heavy atom. The minimum atomic E-state index is -0.630. The Kier molecular flexibility index (Phi) is 6.09. The van der Waals surface area contributed by atoms with Gasteiger partial charge in [0.1, 0.15) is 0 Å². The van der Waals surface area contributed by atoms with E-state index >= 15 is 0 Å². The van der Waals surface area contributed by atoms with E-state index < -0.39 is 5.97 Å². The molecule has 0 aromatic heterocycles. The molecule has 0 bridgehead atoms. The predicted molar refractivity (Wildman–Crippen MR) is 73.7 cm³/mol. The Hall–Kier alpha value is -0.610. The van der Waals surface area contributed by atoms with Crippen molar-refractivity contribution in [1.82, 2.24) is 10.2 Å². The summed E-state index contributed by atoms with van der Waals surface area (Å²) in [5.74, 6) is -0.172. The van der Waals surface area contributed by atoms with Crippen LogP contribution >= 0.6 is 0 Å². The molecule has 0 aromatic rings. The lowest BCUT2D eigenvalue weighted by Crippen LogP contribution is -2.46. The highest BCUT2D eigenvalue weighted by atomic mass is 16.4. The van der Waals surface area contributed by atoms with Crippen LogP contribution in [0.5, 0.6) is 0 Å². The molecule has 1 aliphatic carbocycles. The fourth-order valence-electron chi connectivity index (χ4n) is 2.90. The first kappa shape index (κ1) is 15.4. The molecular weight excluding hydrogens is 228 g/mol. The zero-order valence-electron chi connectivity index (χ0n) is 12.1. The fraction of sp³-hybridized carbons (Fsp3) is 0.929. The van der Waals surface area contributed by atoms with Crippen LogP contribution in [-0.4, -0.2) is 48.7 Å². The molecule has 106 valence electrons. The van der Waals surface area contributed by atoms with E-state index in [-0.39, 0.29) is 5.92 Å². The highest BCUT2D eigenvalue weighted by Gasteiger charge is 2.27. The van der Waals surface area contributed by atoms with E-state index in [0.717, 1.165) is 32.2 Å². The Balaban J connectivity index is 2.40. The highest BCUT2D eigenvalue weighted by Crippen LogP contribution is 2.24. The molecule has 2 N–H and O–H groups in total. The van der Waals surface area contributed by atoms with Gasteiger partial charge in [-0.25, -0.2) is 0 Å². The van der Waals surface area contributed by atoms with Crippen molar-refractivity contribution < 1.29 is 9.90 Å². The van der Waals surface area contributed by atoms with E-state index in [9.17, 15) is 4.79 Å². The largest absolute Gasteiger partial charge is 0.481 e. The summed E-state index contributed by atoms with van der Waals surface area (Å²) < 4.78 is 0. The number of nitrogens with one attached hydrogen (secondary N) is 1. The molecule has 18 heavy (non-hydrogen) atoms. The van der Waals surface area contributed by atoms with Gasteiger partial charge >= 0.3 is 5.97 Å². The van der Waals surface area contributed by atoms with E-state index in [4.69, 9.17) is 5.11 Å². The van der Waals surface area contributed by atoms with Crippen molar-refractivity contribution in [3.63, 3.8) is 0 Å². The number of hydrogen-bond donors (Lipinski definition) is 2. The monoisotopic (exact) mass is 256 g/mol. The van der Waals surface area contributed by atoms with Crippen molar-refractivity contribution in [2.24, 2.45) is 11.8 Å². The highest BCUT2D eigenvalue weighted by molar-refractivity contribution is 5.70. The summed E-state index contributed by atoms with van der Waals surface area (Å²) in [4.78, 5) is 13.3. The van der Waals surface area contributed by atoms with Gasteiger partial charge in [-0.05, 0) is 39.3 Å². The molecule has 1 fully saturated rings. The van der Waals surface area contributed by atoms with Gasteiger partial charge in [-0.15, -0.1) is 0 Å². The lowest BCUT2D eigenvalue weighted by atomic mass is 9.85. The molecule has 3 unspecified atom stereocenters. The topological polar surface area (TPSA) is 52.6 Å². The molecule has 0 aromatic carbocycles. The van der Waals surface area contributed by atoms with Gasteiger partial charge in [0.15, 0.2) is 0 Å². The van der Waals surface area contributed by atoms with Gasteiger partial charge < -0.3 is 15.3 Å². The van der Waals surface area contributed by atoms with Gasteiger partial charge in [-0.1, -0.05) is 20.3 Å². The normalized spacial score (nSPS) is 26.6. The Labute approximate surface area is 111 Å². The molecule has 0 radical (unpaired) electrons. The zero-order chi connectivity index (χ0) is 13.7. The second kappa shape index (κ2) is 7.10. The molecule has 0 aliphatic heterocycles. The number of aliphatic carboxylic acids is 1. The maximum Gasteiger partial charge on any atom is 0.306 e. The van der Waals surface area contributed by atoms with Crippen molar-refractivity contribution in [2.45, 2.75) is 51.6 Å². The van der Waals surface area contributed by atoms with Crippen molar-refractivity contribution in [3.8, 4) is 0 Å². The molecule has 0 heterocycles. The van der Waals surface area contributed by atoms with Crippen LogP contribution in [0, 0.1) is 11.8 Å². The zero-order valence-corrected chi connectivity index (χ0v) is 12.1. The second-order valence-electron chi connectivity index (χ2n) is 6.08. The molecule has 1 aliphatic rings. The Morgan fingerprint density at radius 1 is 1.39 bits per heavy atom. The summed E-state index contributed by atoms with van der Waals surface area (Å²) in [5, 5.41) is 12.6. The third kappa shape index (κ3) is 4.58. The first-order chi connectivity index (χ1) is 8.41. The maximum atomic E-state index is 11.0. The SMILES string of the molecule is CC(C)C(CNC1CCCC(C(=O)O)C1)N(C)C. The van der Waals surface area contributed by atoms with Crippen molar-refractivity contribution in [3.05, 3.63) is 0 Å². The summed E-state index contributed by atoms with van der Waals surface area (Å²) in [6.07, 6.45) is 3.77. The van der Waals surface area contributed by atoms with Crippen LogP contribution in [0.3, 0.4) is 0 Å². The number of hydrogen-bond acceptors (Lipinski definition) is 3. The van der Waals surface area contributed by atoms with E-state index in [0.29, 0.717) is 18.0 Å². The quantitative estimate of drug-likeness (QED) is 0.761. The molecule has 0 spiro atoms. The lowest BCUT2D eigenvalue weighted by molar-refractivity contribution is -0.143. The van der Waals surface area contributed by atoms with Gasteiger partial charge in [-0.3, -0.25) is 4.79 Å². The second-order valence-corrected chi connectivity index (χ2v) is 6.08. The number of carboxylic acid groups (broad SMARTS) is 1. The molecule has 4 nitrogen and oxygen atoms in total. The van der Waals surface area contributed by atoms with E-state index in [1.165, 1.54) is 0 Å². The first-order valence-corrected chi connectivity index (χ1v) is 7.04. The first-order valence-electron chi connectivity index (χ1n) is 7.04. The minimum Gasteiger partial charge on any atom is -0.481 e. The molecular formula is C14H28N2O2. The van der Waals surface area contributed by atoms with Crippen molar-refractivity contribution in [2.75, 3.05) is 20.6 Å². The van der Waals surface area contributed by atoms with Crippen molar-refractivity contribution in [1.29, 1.82) is 0 Å². The van der Waals surface area contributed by atoms with Gasteiger partial charge in [0.05, 0.1) is 5.92 Å². The van der Waals surface area contributed by atoms with Crippen LogP contribution in [0.15, 0.2) is 0 Å². The molecule has 3 atom stereocenters. The molecule has 1 saturated carbocycles. The number of nitrogens with zero attached hydrogens (tertiary/aromatic N) is 1. The van der Waals surface area contributed by atoms with E-state index in [1.807, 2.05) is 0 Å². The number of likely N-dealkylation sites (N-methyl/N-ethyl adjacent to an activating group) is 1. The summed E-state index contributed by atoms with van der Waals surface area (Å²) in [6, 6.07) is 0.885. The van der Waals surface area contributed by atoms with Gasteiger partial charge in [0, 0.05) is 18.6 Å². The Bertz CT molecular complexity index is 259. The standard InChI is InChI=1S/C14H28N2O2/c1-10(2)13(16(3)4)9-15-12-7-5-6-11(8-12)14(17)18/h10-13,15H,5-9H2,1-4H3,(H,17,18). The average Bonchev–Trinajstić information content (AvgIpc) is 2.28. The third-order valence-corrected chi connectivity index (χ3v) is 4.07. The summed E-state index contributed by atoms with van der Waals surface area (Å²) in [6.45, 7) is 5.40. The summed E-state index contributed by atoms with van der Waals surface area (Å²) in [5.41, 5.74) is 0.